The van der Waals surface area contributed by atoms with Crippen LogP contribution in [0.5, 0.6) is 0 Å². The molecule has 1 aliphatic heterocycles. The van der Waals surface area contributed by atoms with E-state index in [0.717, 1.165) is 15.1 Å². The van der Waals surface area contributed by atoms with Crippen molar-refractivity contribution < 1.29 is 14.4 Å². The monoisotopic (exact) mass is 408 g/mol. The van der Waals surface area contributed by atoms with Crippen molar-refractivity contribution in [3.8, 4) is 0 Å². The van der Waals surface area contributed by atoms with E-state index in [1.807, 2.05) is 12.1 Å². The highest BCUT2D eigenvalue weighted by Gasteiger charge is 2.36. The fraction of sp³-hybridized carbons (Fsp3) is 0.176. The molecule has 2 aromatic carbocycles. The molecule has 0 aliphatic carbocycles. The van der Waals surface area contributed by atoms with E-state index in [4.69, 9.17) is 22.2 Å². The Labute approximate surface area is 152 Å². The first-order valence-corrected chi connectivity index (χ1v) is 8.44. The van der Waals surface area contributed by atoms with E-state index >= 15 is 0 Å². The van der Waals surface area contributed by atoms with Gasteiger partial charge in [-0.25, -0.2) is 0 Å². The normalized spacial score (nSPS) is 14.9. The lowest BCUT2D eigenvalue weighted by Gasteiger charge is -2.17. The number of rotatable bonds is 5. The van der Waals surface area contributed by atoms with Crippen LogP contribution in [0.3, 0.4) is 0 Å². The van der Waals surface area contributed by atoms with Crippen LogP contribution in [0.2, 0.25) is 5.02 Å². The zero-order chi connectivity index (χ0) is 17.3. The summed E-state index contributed by atoms with van der Waals surface area (Å²) in [6.07, 6.45) is 0.468. The van der Waals surface area contributed by atoms with Gasteiger partial charge in [-0.15, -0.1) is 5.06 Å². The number of hydrogen-bond acceptors (Lipinski definition) is 4. The molecule has 7 heteroatoms. The molecule has 0 fully saturated rings. The maximum atomic E-state index is 12.2. The Balaban J connectivity index is 1.62. The molecular weight excluding hydrogens is 396 g/mol. The fourth-order valence-corrected chi connectivity index (χ4v) is 3.23. The minimum absolute atomic E-state index is 0.0257. The van der Waals surface area contributed by atoms with Gasteiger partial charge in [0.25, 0.3) is 11.8 Å². The Hall–Kier alpha value is -1.73. The number of imide groups is 1. The molecule has 0 aromatic heterocycles. The first-order chi connectivity index (χ1) is 11.5. The standard InChI is InChI=1S/C17H14BrClN2O3/c18-11-6-5-10(15(19)8-11)7-12(20)9-24-21-16(22)13-3-1-2-4-14(13)17(21)23/h1-6,8,12H,7,9,20H2/t12-/m1/s1. The Morgan fingerprint density at radius 1 is 1.12 bits per heavy atom. The minimum atomic E-state index is -0.468. The van der Waals surface area contributed by atoms with Crippen LogP contribution in [0, 0.1) is 0 Å². The van der Waals surface area contributed by atoms with Crippen LogP contribution in [-0.4, -0.2) is 29.5 Å². The molecule has 0 spiro atoms. The molecule has 3 rings (SSSR count). The zero-order valence-electron chi connectivity index (χ0n) is 12.5. The van der Waals surface area contributed by atoms with Crippen LogP contribution in [0.15, 0.2) is 46.9 Å². The third-order valence-electron chi connectivity index (χ3n) is 3.67. The van der Waals surface area contributed by atoms with Crippen LogP contribution in [0.1, 0.15) is 26.3 Å². The topological polar surface area (TPSA) is 72.6 Å². The van der Waals surface area contributed by atoms with Crippen LogP contribution in [-0.2, 0) is 11.3 Å². The predicted molar refractivity (Wildman–Crippen MR) is 93.7 cm³/mol. The van der Waals surface area contributed by atoms with Crippen molar-refractivity contribution >= 4 is 39.3 Å². The van der Waals surface area contributed by atoms with Gasteiger partial charge >= 0.3 is 0 Å². The summed E-state index contributed by atoms with van der Waals surface area (Å²) in [7, 11) is 0. The van der Waals surface area contributed by atoms with Gasteiger partial charge in [0.2, 0.25) is 0 Å². The lowest BCUT2D eigenvalue weighted by atomic mass is 10.1. The number of benzene rings is 2. The Kier molecular flexibility index (Phi) is 5.01. The largest absolute Gasteiger partial charge is 0.325 e. The average molecular weight is 410 g/mol. The number of carbonyl (C=O) groups is 2. The number of hydrogen-bond donors (Lipinski definition) is 1. The fourth-order valence-electron chi connectivity index (χ4n) is 2.48. The second kappa shape index (κ2) is 7.03. The summed E-state index contributed by atoms with van der Waals surface area (Å²) in [5.74, 6) is -0.936. The molecule has 0 radical (unpaired) electrons. The highest BCUT2D eigenvalue weighted by Crippen LogP contribution is 2.24. The van der Waals surface area contributed by atoms with Crippen LogP contribution < -0.4 is 5.73 Å². The maximum Gasteiger partial charge on any atom is 0.285 e. The van der Waals surface area contributed by atoms with Gasteiger partial charge < -0.3 is 5.73 Å². The number of nitrogens with two attached hydrogens (primary N) is 1. The maximum absolute atomic E-state index is 12.2. The van der Waals surface area contributed by atoms with Crippen molar-refractivity contribution in [3.63, 3.8) is 0 Å². The van der Waals surface area contributed by atoms with Gasteiger partial charge in [-0.2, -0.15) is 0 Å². The number of fused-ring (bicyclic) bond motifs is 1. The van der Waals surface area contributed by atoms with Crippen molar-refractivity contribution in [3.05, 3.63) is 68.7 Å². The summed E-state index contributed by atoms with van der Waals surface area (Å²) in [6.45, 7) is 0.0257. The number of carbonyl (C=O) groups excluding carboxylic acids is 2. The smallest absolute Gasteiger partial charge is 0.285 e. The second-order valence-electron chi connectivity index (χ2n) is 5.45. The molecular formula is C17H14BrClN2O3. The van der Waals surface area contributed by atoms with Gasteiger partial charge in [0.15, 0.2) is 0 Å². The molecule has 1 heterocycles. The van der Waals surface area contributed by atoms with Crippen molar-refractivity contribution in [1.82, 2.24) is 5.06 Å². The Morgan fingerprint density at radius 3 is 2.33 bits per heavy atom. The molecule has 0 unspecified atom stereocenters. The molecule has 1 atom stereocenters. The SMILES string of the molecule is N[C@@H](CON1C(=O)c2ccccc2C1=O)Cc1ccc(Br)cc1Cl. The van der Waals surface area contributed by atoms with Crippen molar-refractivity contribution in [2.24, 2.45) is 5.73 Å². The molecule has 2 N–H and O–H groups in total. The van der Waals surface area contributed by atoms with Gasteiger partial charge in [0, 0.05) is 15.5 Å². The summed E-state index contributed by atoms with van der Waals surface area (Å²) in [5.41, 5.74) is 7.60. The molecule has 0 saturated carbocycles. The molecule has 124 valence electrons. The summed E-state index contributed by atoms with van der Waals surface area (Å²) in [4.78, 5) is 29.7. The lowest BCUT2D eigenvalue weighted by Crippen LogP contribution is -2.37. The molecule has 0 bridgehead atoms. The van der Waals surface area contributed by atoms with E-state index in [-0.39, 0.29) is 6.61 Å². The molecule has 2 amide bonds. The highest BCUT2D eigenvalue weighted by molar-refractivity contribution is 9.10. The van der Waals surface area contributed by atoms with Crippen molar-refractivity contribution in [2.45, 2.75) is 12.5 Å². The van der Waals surface area contributed by atoms with E-state index in [9.17, 15) is 9.59 Å². The van der Waals surface area contributed by atoms with E-state index in [1.54, 1.807) is 30.3 Å². The van der Waals surface area contributed by atoms with E-state index in [2.05, 4.69) is 15.9 Å². The quantitative estimate of drug-likeness (QED) is 0.770. The van der Waals surface area contributed by atoms with Gasteiger partial charge in [0.1, 0.15) is 0 Å². The predicted octanol–water partition coefficient (Wildman–Crippen LogP) is 3.20. The first-order valence-electron chi connectivity index (χ1n) is 7.27. The molecule has 5 nitrogen and oxygen atoms in total. The van der Waals surface area contributed by atoms with E-state index < -0.39 is 17.9 Å². The van der Waals surface area contributed by atoms with Crippen molar-refractivity contribution in [2.75, 3.05) is 6.61 Å². The molecule has 1 aliphatic rings. The number of nitrogens with zero attached hydrogens (tertiary/aromatic N) is 1. The summed E-state index contributed by atoms with van der Waals surface area (Å²) < 4.78 is 0.882. The average Bonchev–Trinajstić information content (AvgIpc) is 2.80. The molecule has 2 aromatic rings. The van der Waals surface area contributed by atoms with Crippen LogP contribution >= 0.6 is 27.5 Å². The molecule has 24 heavy (non-hydrogen) atoms. The first kappa shape index (κ1) is 17.1. The summed E-state index contributed by atoms with van der Waals surface area (Å²) in [6, 6.07) is 11.7. The summed E-state index contributed by atoms with van der Waals surface area (Å²) >= 11 is 9.51. The Morgan fingerprint density at radius 2 is 1.75 bits per heavy atom. The van der Waals surface area contributed by atoms with Crippen LogP contribution in [0.25, 0.3) is 0 Å². The van der Waals surface area contributed by atoms with Crippen LogP contribution in [0.4, 0.5) is 0 Å². The number of halogens is 2. The highest BCUT2D eigenvalue weighted by atomic mass is 79.9. The van der Waals surface area contributed by atoms with Gasteiger partial charge in [-0.05, 0) is 36.2 Å². The Bertz CT molecular complexity index is 777. The zero-order valence-corrected chi connectivity index (χ0v) is 14.9. The van der Waals surface area contributed by atoms with Gasteiger partial charge in [-0.1, -0.05) is 45.7 Å². The van der Waals surface area contributed by atoms with Gasteiger partial charge in [-0.3, -0.25) is 14.4 Å². The molecule has 0 saturated heterocycles. The van der Waals surface area contributed by atoms with E-state index in [1.165, 1.54) is 0 Å². The summed E-state index contributed by atoms with van der Waals surface area (Å²) in [5, 5.41) is 1.37. The lowest BCUT2D eigenvalue weighted by molar-refractivity contribution is -0.0951. The van der Waals surface area contributed by atoms with Crippen molar-refractivity contribution in [1.29, 1.82) is 0 Å². The number of amides is 2. The third-order valence-corrected chi connectivity index (χ3v) is 4.52. The third kappa shape index (κ3) is 3.37. The second-order valence-corrected chi connectivity index (χ2v) is 6.77. The van der Waals surface area contributed by atoms with Gasteiger partial charge in [0.05, 0.1) is 17.7 Å². The van der Waals surface area contributed by atoms with E-state index in [0.29, 0.717) is 22.6 Å². The minimum Gasteiger partial charge on any atom is -0.325 e. The number of hydroxylamine groups is 2.